The van der Waals surface area contributed by atoms with Crippen LogP contribution in [0.15, 0.2) is 36.7 Å². The van der Waals surface area contributed by atoms with Gasteiger partial charge in [-0.05, 0) is 18.2 Å². The molecule has 6 heteroatoms. The highest BCUT2D eigenvalue weighted by Gasteiger charge is 2.13. The van der Waals surface area contributed by atoms with Crippen LogP contribution in [0, 0.1) is 0 Å². The van der Waals surface area contributed by atoms with Gasteiger partial charge < -0.3 is 9.47 Å². The molecule has 2 heterocycles. The van der Waals surface area contributed by atoms with Crippen LogP contribution in [0.2, 0.25) is 5.02 Å². The molecule has 102 valence electrons. The lowest BCUT2D eigenvalue weighted by atomic mass is 10.2. The van der Waals surface area contributed by atoms with E-state index in [-0.39, 0.29) is 0 Å². The molecule has 0 aliphatic carbocycles. The van der Waals surface area contributed by atoms with E-state index in [0.29, 0.717) is 27.9 Å². The predicted molar refractivity (Wildman–Crippen MR) is 77.0 cm³/mol. The molecule has 2 aromatic heterocycles. The van der Waals surface area contributed by atoms with Crippen LogP contribution in [0.4, 0.5) is 0 Å². The molecule has 5 nitrogen and oxygen atoms in total. The highest BCUT2D eigenvalue weighted by atomic mass is 35.5. The fourth-order valence-corrected chi connectivity index (χ4v) is 2.33. The van der Waals surface area contributed by atoms with Crippen molar-refractivity contribution in [1.82, 2.24) is 14.8 Å². The lowest BCUT2D eigenvalue weighted by Gasteiger charge is -2.11. The molecule has 0 saturated carbocycles. The van der Waals surface area contributed by atoms with Crippen LogP contribution >= 0.6 is 11.6 Å². The summed E-state index contributed by atoms with van der Waals surface area (Å²) in [4.78, 5) is 4.54. The SMILES string of the molecule is COc1ccc2c(OC)cc(-n3cccn3)nc2c1Cl. The highest BCUT2D eigenvalue weighted by Crippen LogP contribution is 2.36. The average Bonchev–Trinajstić information content (AvgIpc) is 3.01. The summed E-state index contributed by atoms with van der Waals surface area (Å²) < 4.78 is 12.3. The summed E-state index contributed by atoms with van der Waals surface area (Å²) in [5.74, 6) is 1.89. The molecule has 0 N–H and O–H groups in total. The first kappa shape index (κ1) is 12.7. The van der Waals surface area contributed by atoms with Gasteiger partial charge in [-0.3, -0.25) is 0 Å². The molecule has 0 saturated heterocycles. The van der Waals surface area contributed by atoms with Crippen molar-refractivity contribution < 1.29 is 9.47 Å². The molecule has 20 heavy (non-hydrogen) atoms. The summed E-state index contributed by atoms with van der Waals surface area (Å²) in [6, 6.07) is 7.31. The zero-order chi connectivity index (χ0) is 14.1. The molecular formula is C14H12ClN3O2. The Kier molecular flexibility index (Phi) is 3.20. The Morgan fingerprint density at radius 2 is 1.95 bits per heavy atom. The summed E-state index contributed by atoms with van der Waals surface area (Å²) in [6.07, 6.45) is 3.49. The maximum absolute atomic E-state index is 6.33. The Morgan fingerprint density at radius 3 is 2.60 bits per heavy atom. The first-order chi connectivity index (χ1) is 9.74. The van der Waals surface area contributed by atoms with Gasteiger partial charge in [0.2, 0.25) is 0 Å². The average molecular weight is 290 g/mol. The minimum atomic E-state index is 0.456. The molecule has 1 aromatic carbocycles. The second-order valence-electron chi connectivity index (χ2n) is 4.11. The zero-order valence-electron chi connectivity index (χ0n) is 11.0. The molecule has 3 aromatic rings. The number of pyridine rings is 1. The second-order valence-corrected chi connectivity index (χ2v) is 4.49. The highest BCUT2D eigenvalue weighted by molar-refractivity contribution is 6.36. The lowest BCUT2D eigenvalue weighted by Crippen LogP contribution is -2.00. The zero-order valence-corrected chi connectivity index (χ0v) is 11.8. The number of halogens is 1. The first-order valence-corrected chi connectivity index (χ1v) is 6.33. The Labute approximate surface area is 120 Å². The number of hydrogen-bond acceptors (Lipinski definition) is 4. The molecule has 3 rings (SSSR count). The van der Waals surface area contributed by atoms with Crippen LogP contribution in [0.3, 0.4) is 0 Å². The van der Waals surface area contributed by atoms with E-state index in [1.807, 2.05) is 24.4 Å². The van der Waals surface area contributed by atoms with Gasteiger partial charge in [-0.1, -0.05) is 11.6 Å². The number of aromatic nitrogens is 3. The van der Waals surface area contributed by atoms with Gasteiger partial charge in [-0.25, -0.2) is 9.67 Å². The van der Waals surface area contributed by atoms with Crippen LogP contribution in [0.1, 0.15) is 0 Å². The van der Waals surface area contributed by atoms with Gasteiger partial charge in [0.05, 0.1) is 19.7 Å². The van der Waals surface area contributed by atoms with E-state index in [9.17, 15) is 0 Å². The topological polar surface area (TPSA) is 49.2 Å². The Hall–Kier alpha value is -2.27. The quantitative estimate of drug-likeness (QED) is 0.743. The van der Waals surface area contributed by atoms with Crippen molar-refractivity contribution in [1.29, 1.82) is 0 Å². The molecule has 0 aliphatic rings. The predicted octanol–water partition coefficient (Wildman–Crippen LogP) is 3.09. The van der Waals surface area contributed by atoms with Gasteiger partial charge in [-0.2, -0.15) is 5.10 Å². The van der Waals surface area contributed by atoms with Gasteiger partial charge in [-0.15, -0.1) is 0 Å². The number of rotatable bonds is 3. The standard InChI is InChI=1S/C14H12ClN3O2/c1-19-10-5-4-9-11(20-2)8-12(17-14(9)13(10)15)18-7-3-6-16-18/h3-8H,1-2H3. The summed E-state index contributed by atoms with van der Waals surface area (Å²) in [6.45, 7) is 0. The van der Waals surface area contributed by atoms with Gasteiger partial charge in [0.1, 0.15) is 16.5 Å². The molecule has 0 atom stereocenters. The van der Waals surface area contributed by atoms with Gasteiger partial charge >= 0.3 is 0 Å². The summed E-state index contributed by atoms with van der Waals surface area (Å²) in [5, 5.41) is 5.45. The molecule has 0 fully saturated rings. The lowest BCUT2D eigenvalue weighted by molar-refractivity contribution is 0.414. The Morgan fingerprint density at radius 1 is 1.15 bits per heavy atom. The number of ether oxygens (including phenoxy) is 2. The fraction of sp³-hybridized carbons (Fsp3) is 0.143. The van der Waals surface area contributed by atoms with E-state index >= 15 is 0 Å². The van der Waals surface area contributed by atoms with E-state index in [0.717, 1.165) is 5.39 Å². The van der Waals surface area contributed by atoms with Gasteiger partial charge in [0.15, 0.2) is 5.82 Å². The van der Waals surface area contributed by atoms with Crippen molar-refractivity contribution >= 4 is 22.5 Å². The summed E-state index contributed by atoms with van der Waals surface area (Å²) >= 11 is 6.33. The minimum Gasteiger partial charge on any atom is -0.496 e. The summed E-state index contributed by atoms with van der Waals surface area (Å²) in [7, 11) is 3.18. The second kappa shape index (κ2) is 5.02. The van der Waals surface area contributed by atoms with Gasteiger partial charge in [0, 0.05) is 23.8 Å². The third-order valence-corrected chi connectivity index (χ3v) is 3.38. The minimum absolute atomic E-state index is 0.456. The third-order valence-electron chi connectivity index (χ3n) is 3.01. The van der Waals surface area contributed by atoms with Crippen LogP contribution in [0.5, 0.6) is 11.5 Å². The van der Waals surface area contributed by atoms with Crippen molar-refractivity contribution in [3.8, 4) is 17.3 Å². The van der Waals surface area contributed by atoms with Gasteiger partial charge in [0.25, 0.3) is 0 Å². The third kappa shape index (κ3) is 1.96. The van der Waals surface area contributed by atoms with E-state index < -0.39 is 0 Å². The Bertz CT molecular complexity index is 757. The number of fused-ring (bicyclic) bond motifs is 1. The Balaban J connectivity index is 2.33. The number of hydrogen-bond donors (Lipinski definition) is 0. The van der Waals surface area contributed by atoms with Crippen molar-refractivity contribution in [3.05, 3.63) is 41.7 Å². The molecule has 0 aliphatic heterocycles. The molecular weight excluding hydrogens is 278 g/mol. The molecule has 0 spiro atoms. The van der Waals surface area contributed by atoms with Crippen molar-refractivity contribution in [2.45, 2.75) is 0 Å². The maximum Gasteiger partial charge on any atom is 0.157 e. The summed E-state index contributed by atoms with van der Waals surface area (Å²) in [5.41, 5.74) is 0.621. The molecule has 0 bridgehead atoms. The van der Waals surface area contributed by atoms with E-state index in [4.69, 9.17) is 21.1 Å². The maximum atomic E-state index is 6.33. The van der Waals surface area contributed by atoms with Crippen LogP contribution < -0.4 is 9.47 Å². The van der Waals surface area contributed by atoms with E-state index in [2.05, 4.69) is 10.1 Å². The monoisotopic (exact) mass is 289 g/mol. The molecule has 0 unspecified atom stereocenters. The molecule has 0 radical (unpaired) electrons. The normalized spacial score (nSPS) is 10.8. The van der Waals surface area contributed by atoms with E-state index in [1.54, 1.807) is 31.2 Å². The number of benzene rings is 1. The molecule has 0 amide bonds. The van der Waals surface area contributed by atoms with Crippen LogP contribution in [-0.2, 0) is 0 Å². The van der Waals surface area contributed by atoms with Crippen molar-refractivity contribution in [2.75, 3.05) is 14.2 Å². The van der Waals surface area contributed by atoms with E-state index in [1.165, 1.54) is 0 Å². The van der Waals surface area contributed by atoms with Crippen LogP contribution in [-0.4, -0.2) is 29.0 Å². The number of nitrogens with zero attached hydrogens (tertiary/aromatic N) is 3. The largest absolute Gasteiger partial charge is 0.496 e. The van der Waals surface area contributed by atoms with Crippen molar-refractivity contribution in [3.63, 3.8) is 0 Å². The first-order valence-electron chi connectivity index (χ1n) is 5.96. The number of methoxy groups -OCH3 is 2. The fourth-order valence-electron chi connectivity index (χ4n) is 2.04. The van der Waals surface area contributed by atoms with Crippen LogP contribution in [0.25, 0.3) is 16.7 Å². The van der Waals surface area contributed by atoms with Crippen molar-refractivity contribution in [2.24, 2.45) is 0 Å². The smallest absolute Gasteiger partial charge is 0.157 e.